The number of rotatable bonds is 9. The van der Waals surface area contributed by atoms with E-state index in [1.165, 1.54) is 0 Å². The topological polar surface area (TPSA) is 101 Å². The molecule has 0 saturated carbocycles. The molecule has 0 aliphatic carbocycles. The molecule has 0 unspecified atom stereocenters. The van der Waals surface area contributed by atoms with Crippen LogP contribution in [0.5, 0.6) is 5.75 Å². The molecule has 196 valence electrons. The van der Waals surface area contributed by atoms with Gasteiger partial charge in [0.25, 0.3) is 0 Å². The first-order chi connectivity index (χ1) is 18.6. The highest BCUT2D eigenvalue weighted by atomic mass is 35.5. The number of thiophene rings is 1. The number of fused-ring (bicyclic) bond motifs is 1. The van der Waals surface area contributed by atoms with E-state index in [-0.39, 0.29) is 6.61 Å². The van der Waals surface area contributed by atoms with Crippen LogP contribution in [0.25, 0.3) is 33.3 Å². The third kappa shape index (κ3) is 5.90. The minimum absolute atomic E-state index is 0.196. The van der Waals surface area contributed by atoms with Crippen LogP contribution in [-0.4, -0.2) is 75.5 Å². The highest BCUT2D eigenvalue weighted by molar-refractivity contribution is 7.13. The van der Waals surface area contributed by atoms with Gasteiger partial charge in [-0.25, -0.2) is 4.98 Å². The van der Waals surface area contributed by atoms with Gasteiger partial charge in [-0.2, -0.15) is 4.98 Å². The lowest BCUT2D eigenvalue weighted by Crippen LogP contribution is -2.48. The zero-order valence-electron chi connectivity index (χ0n) is 20.5. The fourth-order valence-corrected chi connectivity index (χ4v) is 5.18. The number of aromatic nitrogens is 3. The second-order valence-corrected chi connectivity index (χ2v) is 10.6. The van der Waals surface area contributed by atoms with Crippen molar-refractivity contribution in [2.45, 2.75) is 12.6 Å². The van der Waals surface area contributed by atoms with Crippen molar-refractivity contribution in [3.63, 3.8) is 0 Å². The summed E-state index contributed by atoms with van der Waals surface area (Å²) in [5, 5.41) is 17.3. The van der Waals surface area contributed by atoms with E-state index >= 15 is 0 Å². The number of halogens is 1. The quantitative estimate of drug-likeness (QED) is 0.276. The summed E-state index contributed by atoms with van der Waals surface area (Å²) in [6.45, 7) is 4.79. The van der Waals surface area contributed by atoms with E-state index in [0.717, 1.165) is 36.6 Å². The minimum Gasteiger partial charge on any atom is -0.491 e. The number of nitrogens with zero attached hydrogens (tertiary/aromatic N) is 5. The molecule has 0 bridgehead atoms. The van der Waals surface area contributed by atoms with E-state index in [0.29, 0.717) is 52.6 Å². The predicted octanol–water partition coefficient (Wildman–Crippen LogP) is 4.82. The van der Waals surface area contributed by atoms with E-state index in [2.05, 4.69) is 24.9 Å². The highest BCUT2D eigenvalue weighted by Crippen LogP contribution is 2.28. The Kier molecular flexibility index (Phi) is 7.39. The number of hydrogen-bond donors (Lipinski definition) is 1. The summed E-state index contributed by atoms with van der Waals surface area (Å²) in [7, 11) is 0. The molecule has 6 rings (SSSR count). The zero-order chi connectivity index (χ0) is 25.9. The van der Waals surface area contributed by atoms with Crippen LogP contribution >= 0.6 is 22.9 Å². The molecule has 1 aliphatic heterocycles. The van der Waals surface area contributed by atoms with Crippen molar-refractivity contribution in [1.29, 1.82) is 0 Å². The molecular formula is C27H26ClN5O4S. The van der Waals surface area contributed by atoms with Crippen molar-refractivity contribution in [3.05, 3.63) is 70.9 Å². The SMILES string of the molecule is O[C@@H](COc1ccc2oc(-c3ccc(Cl)cc3)nc2c1)CN1CCN(Cc2nc(-c3cccs3)no2)CC1. The van der Waals surface area contributed by atoms with Crippen LogP contribution in [-0.2, 0) is 6.54 Å². The first-order valence-corrected chi connectivity index (χ1v) is 13.6. The summed E-state index contributed by atoms with van der Waals surface area (Å²) < 4.78 is 17.2. The van der Waals surface area contributed by atoms with Gasteiger partial charge < -0.3 is 18.8 Å². The molecule has 0 amide bonds. The monoisotopic (exact) mass is 551 g/mol. The smallest absolute Gasteiger partial charge is 0.241 e. The molecule has 2 aromatic carbocycles. The van der Waals surface area contributed by atoms with Crippen LogP contribution < -0.4 is 4.74 Å². The molecule has 1 aliphatic rings. The lowest BCUT2D eigenvalue weighted by molar-refractivity contribution is 0.0426. The molecule has 11 heteroatoms. The van der Waals surface area contributed by atoms with Gasteiger partial charge in [0.2, 0.25) is 17.6 Å². The number of oxazole rings is 1. The molecule has 4 heterocycles. The van der Waals surface area contributed by atoms with Gasteiger partial charge in [0, 0.05) is 49.4 Å². The Hall–Kier alpha value is -3.28. The number of ether oxygens (including phenoxy) is 1. The number of benzene rings is 2. The van der Waals surface area contributed by atoms with Crippen molar-refractivity contribution in [2.75, 3.05) is 39.3 Å². The molecule has 0 radical (unpaired) electrons. The molecule has 0 spiro atoms. The average Bonchev–Trinajstić information content (AvgIpc) is 3.70. The summed E-state index contributed by atoms with van der Waals surface area (Å²) in [6, 6.07) is 16.8. The molecule has 1 fully saturated rings. The molecule has 38 heavy (non-hydrogen) atoms. The van der Waals surface area contributed by atoms with E-state index in [1.807, 2.05) is 47.8 Å². The van der Waals surface area contributed by atoms with Crippen molar-refractivity contribution in [2.24, 2.45) is 0 Å². The normalized spacial score (nSPS) is 15.7. The van der Waals surface area contributed by atoms with Crippen LogP contribution in [0.1, 0.15) is 5.89 Å². The van der Waals surface area contributed by atoms with Crippen molar-refractivity contribution in [3.8, 4) is 27.9 Å². The van der Waals surface area contributed by atoms with Crippen molar-refractivity contribution < 1.29 is 18.8 Å². The van der Waals surface area contributed by atoms with Gasteiger partial charge in [0.15, 0.2) is 5.58 Å². The van der Waals surface area contributed by atoms with Gasteiger partial charge in [-0.1, -0.05) is 22.8 Å². The summed E-state index contributed by atoms with van der Waals surface area (Å²) >= 11 is 7.57. The maximum Gasteiger partial charge on any atom is 0.241 e. The molecule has 3 aromatic heterocycles. The maximum atomic E-state index is 10.6. The Bertz CT molecular complexity index is 1480. The van der Waals surface area contributed by atoms with Gasteiger partial charge in [-0.3, -0.25) is 9.80 Å². The second-order valence-electron chi connectivity index (χ2n) is 9.19. The van der Waals surface area contributed by atoms with E-state index < -0.39 is 6.10 Å². The van der Waals surface area contributed by atoms with Gasteiger partial charge >= 0.3 is 0 Å². The van der Waals surface area contributed by atoms with Gasteiger partial charge in [-0.05, 0) is 47.8 Å². The highest BCUT2D eigenvalue weighted by Gasteiger charge is 2.22. The number of β-amino-alcohol motifs (C(OH)–C–C–N with tert-alkyl or cyclic N) is 1. The second kappa shape index (κ2) is 11.2. The minimum atomic E-state index is -0.608. The first-order valence-electron chi connectivity index (χ1n) is 12.4. The number of aliphatic hydroxyl groups is 1. The third-order valence-corrected chi connectivity index (χ3v) is 7.51. The molecular weight excluding hydrogens is 526 g/mol. The Balaban J connectivity index is 0.963. The Morgan fingerprint density at radius 2 is 1.84 bits per heavy atom. The van der Waals surface area contributed by atoms with Crippen LogP contribution in [0.15, 0.2) is 68.9 Å². The van der Waals surface area contributed by atoms with Crippen LogP contribution in [0.3, 0.4) is 0 Å². The molecule has 1 atom stereocenters. The van der Waals surface area contributed by atoms with Crippen LogP contribution in [0.4, 0.5) is 0 Å². The zero-order valence-corrected chi connectivity index (χ0v) is 22.1. The van der Waals surface area contributed by atoms with Crippen molar-refractivity contribution >= 4 is 34.0 Å². The average molecular weight is 552 g/mol. The van der Waals surface area contributed by atoms with Gasteiger partial charge in [0.05, 0.1) is 11.4 Å². The lowest BCUT2D eigenvalue weighted by Gasteiger charge is -2.34. The number of piperazine rings is 1. The fourth-order valence-electron chi connectivity index (χ4n) is 4.40. The van der Waals surface area contributed by atoms with E-state index in [4.69, 9.17) is 25.3 Å². The molecule has 1 N–H and O–H groups in total. The molecule has 5 aromatic rings. The van der Waals surface area contributed by atoms with E-state index in [9.17, 15) is 5.11 Å². The number of aliphatic hydroxyl groups excluding tert-OH is 1. The third-order valence-electron chi connectivity index (χ3n) is 6.39. The first kappa shape index (κ1) is 25.0. The largest absolute Gasteiger partial charge is 0.491 e. The van der Waals surface area contributed by atoms with Crippen LogP contribution in [0.2, 0.25) is 5.02 Å². The van der Waals surface area contributed by atoms with Crippen LogP contribution in [0, 0.1) is 0 Å². The Labute approximate surface area is 228 Å². The fraction of sp³-hybridized carbons (Fsp3) is 0.296. The Morgan fingerprint density at radius 3 is 2.63 bits per heavy atom. The summed E-state index contributed by atoms with van der Waals surface area (Å²) in [6.07, 6.45) is -0.608. The molecule has 1 saturated heterocycles. The lowest BCUT2D eigenvalue weighted by atomic mass is 10.2. The Morgan fingerprint density at radius 1 is 1.03 bits per heavy atom. The molecule has 9 nitrogen and oxygen atoms in total. The number of hydrogen-bond acceptors (Lipinski definition) is 10. The summed E-state index contributed by atoms with van der Waals surface area (Å²) in [5.41, 5.74) is 2.22. The van der Waals surface area contributed by atoms with Gasteiger partial charge in [-0.15, -0.1) is 11.3 Å². The van der Waals surface area contributed by atoms with Crippen molar-refractivity contribution in [1.82, 2.24) is 24.9 Å². The van der Waals surface area contributed by atoms with E-state index in [1.54, 1.807) is 23.5 Å². The maximum absolute atomic E-state index is 10.6. The summed E-state index contributed by atoms with van der Waals surface area (Å²) in [4.78, 5) is 14.6. The van der Waals surface area contributed by atoms with Gasteiger partial charge in [0.1, 0.15) is 24.0 Å². The summed E-state index contributed by atoms with van der Waals surface area (Å²) in [5.74, 6) is 2.43. The predicted molar refractivity (Wildman–Crippen MR) is 145 cm³/mol. The standard InChI is InChI=1S/C27H26ClN5O4S/c28-19-5-3-18(4-6-19)27-29-22-14-21(7-8-23(22)36-27)35-17-20(34)15-32-9-11-33(12-10-32)16-25-30-26(31-37-25)24-2-1-13-38-24/h1-8,13-14,20,34H,9-12,15-17H2/t20-/m1/s1.